The van der Waals surface area contributed by atoms with Crippen molar-refractivity contribution in [3.8, 4) is 0 Å². The predicted octanol–water partition coefficient (Wildman–Crippen LogP) is 3.59. The SMILES string of the molecule is CCSC(=O)Nc1cccc(C)c1C. The topological polar surface area (TPSA) is 29.1 Å². The van der Waals surface area contributed by atoms with E-state index in [-0.39, 0.29) is 5.24 Å². The zero-order valence-corrected chi connectivity index (χ0v) is 9.57. The molecule has 0 aliphatic carbocycles. The van der Waals surface area contributed by atoms with Gasteiger partial charge in [-0.25, -0.2) is 0 Å². The highest BCUT2D eigenvalue weighted by Crippen LogP contribution is 2.19. The molecule has 0 spiro atoms. The number of carbonyl (C=O) groups is 1. The normalized spacial score (nSPS) is 9.93. The first-order chi connectivity index (χ1) is 6.65. The van der Waals surface area contributed by atoms with E-state index in [1.807, 2.05) is 39.0 Å². The van der Waals surface area contributed by atoms with E-state index < -0.39 is 0 Å². The first-order valence-corrected chi connectivity index (χ1v) is 5.63. The molecule has 0 aromatic heterocycles. The summed E-state index contributed by atoms with van der Waals surface area (Å²) >= 11 is 1.29. The second-order valence-corrected chi connectivity index (χ2v) is 4.33. The minimum atomic E-state index is 0.0150. The van der Waals surface area contributed by atoms with Gasteiger partial charge in [0.1, 0.15) is 0 Å². The summed E-state index contributed by atoms with van der Waals surface area (Å²) in [5.74, 6) is 0.802. The average molecular weight is 209 g/mol. The van der Waals surface area contributed by atoms with Crippen molar-refractivity contribution >= 4 is 22.7 Å². The van der Waals surface area contributed by atoms with Gasteiger partial charge < -0.3 is 5.32 Å². The van der Waals surface area contributed by atoms with Crippen molar-refractivity contribution in [2.75, 3.05) is 11.1 Å². The van der Waals surface area contributed by atoms with Gasteiger partial charge in [0.2, 0.25) is 0 Å². The molecule has 1 rings (SSSR count). The van der Waals surface area contributed by atoms with E-state index in [1.165, 1.54) is 17.3 Å². The lowest BCUT2D eigenvalue weighted by molar-refractivity contribution is 0.270. The molecule has 2 nitrogen and oxygen atoms in total. The predicted molar refractivity (Wildman–Crippen MR) is 63.1 cm³/mol. The van der Waals surface area contributed by atoms with Gasteiger partial charge in [-0.3, -0.25) is 4.79 Å². The minimum absolute atomic E-state index is 0.0150. The molecular formula is C11H15NOS. The van der Waals surface area contributed by atoms with Crippen LogP contribution in [0, 0.1) is 13.8 Å². The molecule has 1 aromatic rings. The Bertz CT molecular complexity index is 336. The summed E-state index contributed by atoms with van der Waals surface area (Å²) in [6.45, 7) is 6.02. The van der Waals surface area contributed by atoms with Crippen LogP contribution >= 0.6 is 11.8 Å². The van der Waals surface area contributed by atoms with Gasteiger partial charge in [-0.1, -0.05) is 30.8 Å². The van der Waals surface area contributed by atoms with Crippen molar-refractivity contribution in [3.63, 3.8) is 0 Å². The van der Waals surface area contributed by atoms with Gasteiger partial charge in [0.15, 0.2) is 0 Å². The largest absolute Gasteiger partial charge is 0.317 e. The summed E-state index contributed by atoms with van der Waals surface area (Å²) in [6, 6.07) is 5.92. The van der Waals surface area contributed by atoms with Crippen molar-refractivity contribution in [2.45, 2.75) is 20.8 Å². The molecule has 0 aliphatic rings. The lowest BCUT2D eigenvalue weighted by Crippen LogP contribution is -2.06. The number of hydrogen-bond acceptors (Lipinski definition) is 2. The Kier molecular flexibility index (Phi) is 4.01. The third-order valence-corrected chi connectivity index (χ3v) is 2.77. The van der Waals surface area contributed by atoms with Crippen molar-refractivity contribution < 1.29 is 4.79 Å². The molecule has 1 aromatic carbocycles. The maximum absolute atomic E-state index is 11.3. The maximum atomic E-state index is 11.3. The first-order valence-electron chi connectivity index (χ1n) is 4.65. The van der Waals surface area contributed by atoms with Crippen LogP contribution in [0.4, 0.5) is 10.5 Å². The number of amides is 1. The highest BCUT2D eigenvalue weighted by molar-refractivity contribution is 8.13. The molecule has 0 unspecified atom stereocenters. The molecule has 1 N–H and O–H groups in total. The summed E-state index contributed by atoms with van der Waals surface area (Å²) < 4.78 is 0. The van der Waals surface area contributed by atoms with E-state index in [0.29, 0.717) is 0 Å². The number of hydrogen-bond donors (Lipinski definition) is 1. The summed E-state index contributed by atoms with van der Waals surface area (Å²) in [5, 5.41) is 2.89. The number of anilines is 1. The molecular weight excluding hydrogens is 194 g/mol. The van der Waals surface area contributed by atoms with E-state index in [4.69, 9.17) is 0 Å². The van der Waals surface area contributed by atoms with Crippen LogP contribution in [-0.4, -0.2) is 11.0 Å². The molecule has 0 saturated carbocycles. The highest BCUT2D eigenvalue weighted by atomic mass is 32.2. The van der Waals surface area contributed by atoms with Gasteiger partial charge in [0, 0.05) is 5.69 Å². The lowest BCUT2D eigenvalue weighted by atomic mass is 10.1. The Hall–Kier alpha value is -0.960. The van der Waals surface area contributed by atoms with Crippen molar-refractivity contribution in [1.82, 2.24) is 0 Å². The highest BCUT2D eigenvalue weighted by Gasteiger charge is 2.04. The Labute approximate surface area is 89.1 Å². The van der Waals surface area contributed by atoms with E-state index >= 15 is 0 Å². The van der Waals surface area contributed by atoms with Gasteiger partial charge in [-0.2, -0.15) is 0 Å². The van der Waals surface area contributed by atoms with E-state index in [0.717, 1.165) is 17.0 Å². The quantitative estimate of drug-likeness (QED) is 0.806. The van der Waals surface area contributed by atoms with Crippen LogP contribution in [0.1, 0.15) is 18.1 Å². The molecule has 0 fully saturated rings. The van der Waals surface area contributed by atoms with Gasteiger partial charge >= 0.3 is 0 Å². The Morgan fingerprint density at radius 3 is 2.79 bits per heavy atom. The van der Waals surface area contributed by atoms with Crippen LogP contribution in [-0.2, 0) is 0 Å². The summed E-state index contributed by atoms with van der Waals surface area (Å²) in [6.07, 6.45) is 0. The second-order valence-electron chi connectivity index (χ2n) is 3.09. The Balaban J connectivity index is 2.76. The standard InChI is InChI=1S/C11H15NOS/c1-4-14-11(13)12-10-7-5-6-8(2)9(10)3/h5-7H,4H2,1-3H3,(H,12,13). The minimum Gasteiger partial charge on any atom is -0.317 e. The first kappa shape index (κ1) is 11.1. The third-order valence-electron chi connectivity index (χ3n) is 2.12. The van der Waals surface area contributed by atoms with Crippen LogP contribution in [0.15, 0.2) is 18.2 Å². The van der Waals surface area contributed by atoms with E-state index in [1.54, 1.807) is 0 Å². The fraction of sp³-hybridized carbons (Fsp3) is 0.364. The van der Waals surface area contributed by atoms with Crippen molar-refractivity contribution in [1.29, 1.82) is 0 Å². The van der Waals surface area contributed by atoms with Crippen LogP contribution in [0.2, 0.25) is 0 Å². The molecule has 0 atom stereocenters. The zero-order chi connectivity index (χ0) is 10.6. The Morgan fingerprint density at radius 2 is 2.14 bits per heavy atom. The van der Waals surface area contributed by atoms with Gasteiger partial charge in [0.05, 0.1) is 0 Å². The lowest BCUT2D eigenvalue weighted by Gasteiger charge is -2.09. The molecule has 0 radical (unpaired) electrons. The average Bonchev–Trinajstić information content (AvgIpc) is 2.13. The smallest absolute Gasteiger partial charge is 0.283 e. The fourth-order valence-corrected chi connectivity index (χ4v) is 1.61. The number of aryl methyl sites for hydroxylation is 1. The van der Waals surface area contributed by atoms with Crippen molar-refractivity contribution in [3.05, 3.63) is 29.3 Å². The van der Waals surface area contributed by atoms with Gasteiger partial charge in [-0.05, 0) is 36.8 Å². The summed E-state index contributed by atoms with van der Waals surface area (Å²) in [5.41, 5.74) is 3.25. The number of thioether (sulfide) groups is 1. The molecule has 0 heterocycles. The van der Waals surface area contributed by atoms with Crippen LogP contribution < -0.4 is 5.32 Å². The van der Waals surface area contributed by atoms with Crippen LogP contribution in [0.25, 0.3) is 0 Å². The molecule has 0 bridgehead atoms. The number of carbonyl (C=O) groups excluding carboxylic acids is 1. The van der Waals surface area contributed by atoms with Crippen LogP contribution in [0.5, 0.6) is 0 Å². The molecule has 1 amide bonds. The van der Waals surface area contributed by atoms with Gasteiger partial charge in [-0.15, -0.1) is 0 Å². The number of nitrogens with one attached hydrogen (secondary N) is 1. The third kappa shape index (κ3) is 2.77. The maximum Gasteiger partial charge on any atom is 0.283 e. The summed E-state index contributed by atoms with van der Waals surface area (Å²) in [7, 11) is 0. The zero-order valence-electron chi connectivity index (χ0n) is 8.76. The molecule has 14 heavy (non-hydrogen) atoms. The monoisotopic (exact) mass is 209 g/mol. The summed E-state index contributed by atoms with van der Waals surface area (Å²) in [4.78, 5) is 11.3. The number of rotatable bonds is 2. The van der Waals surface area contributed by atoms with Gasteiger partial charge in [0.25, 0.3) is 5.24 Å². The van der Waals surface area contributed by atoms with Crippen molar-refractivity contribution in [2.24, 2.45) is 0 Å². The van der Waals surface area contributed by atoms with E-state index in [2.05, 4.69) is 5.32 Å². The fourth-order valence-electron chi connectivity index (χ4n) is 1.16. The van der Waals surface area contributed by atoms with Crippen LogP contribution in [0.3, 0.4) is 0 Å². The van der Waals surface area contributed by atoms with E-state index in [9.17, 15) is 4.79 Å². The molecule has 0 saturated heterocycles. The second kappa shape index (κ2) is 5.05. The molecule has 3 heteroatoms. The Morgan fingerprint density at radius 1 is 1.43 bits per heavy atom. The molecule has 76 valence electrons. The molecule has 0 aliphatic heterocycles. The number of benzene rings is 1.